The summed E-state index contributed by atoms with van der Waals surface area (Å²) in [6.07, 6.45) is 0.543. The maximum absolute atomic E-state index is 12.6. The van der Waals surface area contributed by atoms with Crippen molar-refractivity contribution in [2.45, 2.75) is 32.9 Å². The molecule has 0 aromatic heterocycles. The third-order valence-corrected chi connectivity index (χ3v) is 3.60. The van der Waals surface area contributed by atoms with Crippen molar-refractivity contribution in [2.75, 3.05) is 6.61 Å². The summed E-state index contributed by atoms with van der Waals surface area (Å²) in [5.74, 6) is -1.83. The maximum atomic E-state index is 12.6. The number of rotatable bonds is 8. The van der Waals surface area contributed by atoms with Gasteiger partial charge < -0.3 is 19.9 Å². The van der Waals surface area contributed by atoms with Gasteiger partial charge in [-0.25, -0.2) is 0 Å². The number of amides is 1. The lowest BCUT2D eigenvalue weighted by Gasteiger charge is -2.16. The van der Waals surface area contributed by atoms with Crippen molar-refractivity contribution >= 4 is 11.9 Å². The summed E-state index contributed by atoms with van der Waals surface area (Å²) < 4.78 is 34.9. The summed E-state index contributed by atoms with van der Waals surface area (Å²) in [6, 6.07) is 4.56. The fraction of sp³-hybridized carbons (Fsp3) is 0.467. The Morgan fingerprint density at radius 3 is 2.61 bits per heavy atom. The lowest BCUT2D eigenvalue weighted by molar-refractivity contribution is -0.149. The van der Waals surface area contributed by atoms with Gasteiger partial charge in [0, 0.05) is 12.1 Å². The van der Waals surface area contributed by atoms with Crippen LogP contribution < -0.4 is 14.8 Å². The molecule has 0 spiro atoms. The van der Waals surface area contributed by atoms with E-state index in [1.165, 1.54) is 12.1 Å². The molecule has 1 aliphatic carbocycles. The maximum Gasteiger partial charge on any atom is 0.387 e. The number of carbonyl (C=O) groups excluding carboxylic acids is 1. The van der Waals surface area contributed by atoms with E-state index >= 15 is 0 Å². The average Bonchev–Trinajstić information content (AvgIpc) is 3.28. The molecular weight excluding hydrogens is 312 g/mol. The Morgan fingerprint density at radius 2 is 2.09 bits per heavy atom. The summed E-state index contributed by atoms with van der Waals surface area (Å²) in [7, 11) is 0. The highest BCUT2D eigenvalue weighted by atomic mass is 19.3. The van der Waals surface area contributed by atoms with E-state index in [0.717, 1.165) is 0 Å². The first-order valence-electron chi connectivity index (χ1n) is 7.12. The summed E-state index contributed by atoms with van der Waals surface area (Å²) in [6.45, 7) is -1.21. The second-order valence-electron chi connectivity index (χ2n) is 5.13. The molecule has 2 rings (SSSR count). The van der Waals surface area contributed by atoms with Crippen LogP contribution in [0, 0.1) is 5.41 Å². The molecule has 1 saturated carbocycles. The molecule has 1 aromatic rings. The molecule has 0 saturated heterocycles. The highest BCUT2D eigenvalue weighted by molar-refractivity contribution is 6.04. The topological polar surface area (TPSA) is 84.9 Å². The zero-order valence-corrected chi connectivity index (χ0v) is 12.5. The minimum atomic E-state index is -3.04. The van der Waals surface area contributed by atoms with Gasteiger partial charge in [-0.05, 0) is 25.8 Å². The van der Waals surface area contributed by atoms with E-state index < -0.39 is 23.9 Å². The SMILES string of the molecule is CCOc1cccc(CNC(=O)C2(C(=O)O)CC2)c1OC(F)F. The molecule has 0 atom stereocenters. The van der Waals surface area contributed by atoms with Crippen molar-refractivity contribution in [3.63, 3.8) is 0 Å². The molecule has 0 aliphatic heterocycles. The molecule has 6 nitrogen and oxygen atoms in total. The largest absolute Gasteiger partial charge is 0.490 e. The Kier molecular flexibility index (Phi) is 5.02. The molecule has 1 amide bonds. The van der Waals surface area contributed by atoms with E-state index in [0.29, 0.717) is 0 Å². The predicted octanol–water partition coefficient (Wildman–Crippen LogP) is 2.17. The number of aliphatic carboxylic acids is 1. The van der Waals surface area contributed by atoms with Gasteiger partial charge in [-0.3, -0.25) is 9.59 Å². The first-order chi connectivity index (χ1) is 10.9. The zero-order chi connectivity index (χ0) is 17.0. The fourth-order valence-corrected chi connectivity index (χ4v) is 2.20. The molecule has 8 heteroatoms. The number of carboxylic acid groups (broad SMARTS) is 1. The standard InChI is InChI=1S/C15H17F2NO5/c1-2-22-10-5-3-4-9(11(10)23-14(16)17)8-18-12(19)15(6-7-15)13(20)21/h3-5,14H,2,6-8H2,1H3,(H,18,19)(H,20,21). The van der Waals surface area contributed by atoms with E-state index in [1.54, 1.807) is 13.0 Å². The Morgan fingerprint density at radius 1 is 1.39 bits per heavy atom. The van der Waals surface area contributed by atoms with Crippen LogP contribution in [0.2, 0.25) is 0 Å². The Hall–Kier alpha value is -2.38. The van der Waals surface area contributed by atoms with E-state index in [-0.39, 0.29) is 43.1 Å². The smallest absolute Gasteiger partial charge is 0.387 e. The number of carboxylic acids is 1. The Balaban J connectivity index is 2.14. The molecule has 0 radical (unpaired) electrons. The predicted molar refractivity (Wildman–Crippen MR) is 75.4 cm³/mol. The van der Waals surface area contributed by atoms with E-state index in [4.69, 9.17) is 9.84 Å². The lowest BCUT2D eigenvalue weighted by atomic mass is 10.1. The number of para-hydroxylation sites is 1. The molecule has 1 fully saturated rings. The number of hydrogen-bond acceptors (Lipinski definition) is 4. The molecular formula is C15H17F2NO5. The zero-order valence-electron chi connectivity index (χ0n) is 12.5. The minimum Gasteiger partial charge on any atom is -0.490 e. The molecule has 0 unspecified atom stereocenters. The monoisotopic (exact) mass is 329 g/mol. The van der Waals surface area contributed by atoms with Gasteiger partial charge in [0.25, 0.3) is 0 Å². The van der Waals surface area contributed by atoms with Gasteiger partial charge in [0.05, 0.1) is 6.61 Å². The van der Waals surface area contributed by atoms with Gasteiger partial charge in [0.15, 0.2) is 11.5 Å². The van der Waals surface area contributed by atoms with Gasteiger partial charge in [0.1, 0.15) is 5.41 Å². The number of ether oxygens (including phenoxy) is 2. The van der Waals surface area contributed by atoms with E-state index in [1.807, 2.05) is 0 Å². The quantitative estimate of drug-likeness (QED) is 0.714. The van der Waals surface area contributed by atoms with Gasteiger partial charge >= 0.3 is 12.6 Å². The highest BCUT2D eigenvalue weighted by Crippen LogP contribution is 2.46. The van der Waals surface area contributed by atoms with Crippen molar-refractivity contribution in [1.82, 2.24) is 5.32 Å². The molecule has 23 heavy (non-hydrogen) atoms. The summed E-state index contributed by atoms with van der Waals surface area (Å²) in [5, 5.41) is 11.5. The van der Waals surface area contributed by atoms with E-state index in [2.05, 4.69) is 10.1 Å². The number of halogens is 2. The second kappa shape index (κ2) is 6.80. The van der Waals surface area contributed by atoms with Crippen molar-refractivity contribution in [3.8, 4) is 11.5 Å². The molecule has 0 heterocycles. The van der Waals surface area contributed by atoms with Crippen molar-refractivity contribution in [2.24, 2.45) is 5.41 Å². The van der Waals surface area contributed by atoms with Crippen molar-refractivity contribution in [1.29, 1.82) is 0 Å². The van der Waals surface area contributed by atoms with Gasteiger partial charge in [0.2, 0.25) is 5.91 Å². The molecule has 2 N–H and O–H groups in total. The van der Waals surface area contributed by atoms with Crippen LogP contribution >= 0.6 is 0 Å². The van der Waals surface area contributed by atoms with Crippen LogP contribution in [0.4, 0.5) is 8.78 Å². The average molecular weight is 329 g/mol. The summed E-state index contributed by atoms with van der Waals surface area (Å²) >= 11 is 0. The van der Waals surface area contributed by atoms with Crippen LogP contribution in [0.25, 0.3) is 0 Å². The first kappa shape index (κ1) is 17.0. The van der Waals surface area contributed by atoms with Crippen LogP contribution in [-0.2, 0) is 16.1 Å². The number of hydrogen-bond donors (Lipinski definition) is 2. The van der Waals surface area contributed by atoms with Gasteiger partial charge in [-0.1, -0.05) is 12.1 Å². The van der Waals surface area contributed by atoms with Crippen LogP contribution in [-0.4, -0.2) is 30.2 Å². The van der Waals surface area contributed by atoms with Crippen molar-refractivity contribution in [3.05, 3.63) is 23.8 Å². The van der Waals surface area contributed by atoms with Gasteiger partial charge in [-0.15, -0.1) is 0 Å². The highest BCUT2D eigenvalue weighted by Gasteiger charge is 2.56. The van der Waals surface area contributed by atoms with E-state index in [9.17, 15) is 18.4 Å². The summed E-state index contributed by atoms with van der Waals surface area (Å²) in [4.78, 5) is 23.1. The molecule has 0 bridgehead atoms. The summed E-state index contributed by atoms with van der Waals surface area (Å²) in [5.41, 5.74) is -1.10. The number of carbonyl (C=O) groups is 2. The van der Waals surface area contributed by atoms with Crippen LogP contribution in [0.1, 0.15) is 25.3 Å². The number of benzene rings is 1. The number of nitrogens with one attached hydrogen (secondary N) is 1. The first-order valence-corrected chi connectivity index (χ1v) is 7.12. The molecule has 1 aromatic carbocycles. The normalized spacial score (nSPS) is 15.1. The Labute approximate surface area is 131 Å². The van der Waals surface area contributed by atoms with Crippen LogP contribution in [0.5, 0.6) is 11.5 Å². The Bertz CT molecular complexity index is 602. The van der Waals surface area contributed by atoms with Gasteiger partial charge in [-0.2, -0.15) is 8.78 Å². The lowest BCUT2D eigenvalue weighted by Crippen LogP contribution is -2.36. The van der Waals surface area contributed by atoms with Crippen LogP contribution in [0.15, 0.2) is 18.2 Å². The molecule has 126 valence electrons. The third kappa shape index (κ3) is 3.69. The molecule has 1 aliphatic rings. The fourth-order valence-electron chi connectivity index (χ4n) is 2.20. The van der Waals surface area contributed by atoms with Crippen LogP contribution in [0.3, 0.4) is 0 Å². The third-order valence-electron chi connectivity index (χ3n) is 3.60. The minimum absolute atomic E-state index is 0.128. The van der Waals surface area contributed by atoms with Crippen molar-refractivity contribution < 1.29 is 33.0 Å². The number of alkyl halides is 2. The second-order valence-corrected chi connectivity index (χ2v) is 5.13.